The topological polar surface area (TPSA) is 118 Å². The highest BCUT2D eigenvalue weighted by Crippen LogP contribution is 2.15. The Morgan fingerprint density at radius 3 is 0.659 bits per heavy atom. The predicted octanol–water partition coefficient (Wildman–Crippen LogP) is 18.8. The van der Waals surface area contributed by atoms with Crippen LogP contribution in [0.5, 0.6) is 0 Å². The van der Waals surface area contributed by atoms with Gasteiger partial charge in [0.2, 0.25) is 0 Å². The van der Waals surface area contributed by atoms with Crippen molar-refractivity contribution in [3.8, 4) is 0 Å². The number of hydrogen-bond acceptors (Lipinski definition) is 12. The van der Waals surface area contributed by atoms with Gasteiger partial charge in [-0.05, 0) is 84.7 Å². The van der Waals surface area contributed by atoms with E-state index in [9.17, 15) is 19.2 Å². The number of unbranched alkanes of at least 4 members (excludes halogenated alkanes) is 37. The molecule has 0 bridgehead atoms. The maximum absolute atomic E-state index is 13.0. The minimum Gasteiger partial charge on any atom is -0.466 e. The minimum absolute atomic E-state index is 0.144. The van der Waals surface area contributed by atoms with E-state index in [1.165, 1.54) is 205 Å². The molecule has 0 saturated heterocycles. The van der Waals surface area contributed by atoms with Crippen LogP contribution in [0.1, 0.15) is 343 Å². The van der Waals surface area contributed by atoms with Gasteiger partial charge in [-0.1, -0.05) is 272 Å². The fourth-order valence-corrected chi connectivity index (χ4v) is 11.3. The van der Waals surface area contributed by atoms with Crippen molar-refractivity contribution in [1.29, 1.82) is 0 Å². The lowest BCUT2D eigenvalue weighted by Crippen LogP contribution is -2.38. The van der Waals surface area contributed by atoms with Crippen LogP contribution in [0.4, 0.5) is 0 Å². The normalized spacial score (nSPS) is 11.7. The first kappa shape index (κ1) is 82.7. The maximum atomic E-state index is 13.0. The third kappa shape index (κ3) is 63.1. The zero-order valence-corrected chi connectivity index (χ0v) is 57.6. The molecule has 504 valence electrons. The summed E-state index contributed by atoms with van der Waals surface area (Å²) >= 11 is 0. The molecule has 0 aromatic rings. The first-order valence-electron chi connectivity index (χ1n) is 37.2. The van der Waals surface area contributed by atoms with E-state index in [1.54, 1.807) is 0 Å². The second-order valence-corrected chi connectivity index (χ2v) is 25.5. The van der Waals surface area contributed by atoms with Gasteiger partial charge >= 0.3 is 23.9 Å². The van der Waals surface area contributed by atoms with Crippen LogP contribution in [0.25, 0.3) is 0 Å². The van der Waals surface area contributed by atoms with Gasteiger partial charge in [-0.25, -0.2) is 0 Å². The van der Waals surface area contributed by atoms with E-state index in [1.807, 2.05) is 0 Å². The summed E-state index contributed by atoms with van der Waals surface area (Å²) in [5.74, 6) is -0.581. The van der Waals surface area contributed by atoms with E-state index in [2.05, 4.69) is 61.3 Å². The molecule has 0 aliphatic rings. The Morgan fingerprint density at radius 1 is 0.212 bits per heavy atom. The summed E-state index contributed by atoms with van der Waals surface area (Å²) in [4.78, 5) is 61.3. The van der Waals surface area contributed by atoms with Crippen LogP contribution < -0.4 is 0 Å². The molecule has 0 aromatic heterocycles. The highest BCUT2D eigenvalue weighted by Gasteiger charge is 2.16. The number of ether oxygens (including phenoxy) is 4. The molecular formula is C73H144N4O8. The van der Waals surface area contributed by atoms with Gasteiger partial charge < -0.3 is 38.5 Å². The molecule has 0 atom stereocenters. The number of hydrogen-bond donors (Lipinski definition) is 0. The highest BCUT2D eigenvalue weighted by molar-refractivity contribution is 5.71. The van der Waals surface area contributed by atoms with Gasteiger partial charge in [-0.2, -0.15) is 0 Å². The number of likely N-dealkylation sites (N-methyl/N-ethyl adjacent to an activating group) is 1. The molecule has 0 radical (unpaired) electrons. The lowest BCUT2D eigenvalue weighted by atomic mass is 10.1. The summed E-state index contributed by atoms with van der Waals surface area (Å²) in [6, 6.07) is 0. The van der Waals surface area contributed by atoms with E-state index in [0.29, 0.717) is 78.3 Å². The summed E-state index contributed by atoms with van der Waals surface area (Å²) in [5, 5.41) is 0. The maximum Gasteiger partial charge on any atom is 0.307 e. The lowest BCUT2D eigenvalue weighted by molar-refractivity contribution is -0.146. The molecule has 0 heterocycles. The third-order valence-corrected chi connectivity index (χ3v) is 17.2. The Morgan fingerprint density at radius 2 is 0.412 bits per heavy atom. The molecule has 0 unspecified atom stereocenters. The van der Waals surface area contributed by atoms with Crippen LogP contribution in [0.2, 0.25) is 0 Å². The molecule has 0 aliphatic carbocycles. The third-order valence-electron chi connectivity index (χ3n) is 17.2. The van der Waals surface area contributed by atoms with E-state index < -0.39 is 0 Å². The van der Waals surface area contributed by atoms with Crippen LogP contribution in [0.15, 0.2) is 0 Å². The molecule has 0 aromatic carbocycles. The summed E-state index contributed by atoms with van der Waals surface area (Å²) in [6.07, 6.45) is 55.5. The van der Waals surface area contributed by atoms with Gasteiger partial charge in [0, 0.05) is 39.3 Å². The molecule has 0 aliphatic heterocycles. The Hall–Kier alpha value is -2.28. The molecule has 0 saturated carbocycles. The van der Waals surface area contributed by atoms with Crippen molar-refractivity contribution < 1.29 is 38.1 Å². The van der Waals surface area contributed by atoms with Gasteiger partial charge in [0.15, 0.2) is 0 Å². The molecule has 12 heteroatoms. The molecule has 0 spiro atoms. The van der Waals surface area contributed by atoms with Crippen molar-refractivity contribution in [2.45, 2.75) is 343 Å². The Kier molecular flexibility index (Phi) is 65.8. The second kappa shape index (κ2) is 67.6. The van der Waals surface area contributed by atoms with Gasteiger partial charge in [-0.3, -0.25) is 19.2 Å². The van der Waals surface area contributed by atoms with Crippen molar-refractivity contribution >= 4 is 23.9 Å². The lowest BCUT2D eigenvalue weighted by Gasteiger charge is -2.28. The van der Waals surface area contributed by atoms with E-state index in [-0.39, 0.29) is 23.9 Å². The Balaban J connectivity index is 5.24. The number of carbonyl (C=O) groups excluding carboxylic acids is 4. The number of nitrogens with zero attached hydrogens (tertiary/aromatic N) is 4. The number of carbonyl (C=O) groups is 4. The molecule has 0 rings (SSSR count). The Bertz CT molecular complexity index is 1340. The fraction of sp³-hybridized carbons (Fsp3) is 0.945. The highest BCUT2D eigenvalue weighted by atomic mass is 16.5. The van der Waals surface area contributed by atoms with Crippen LogP contribution in [0, 0.1) is 0 Å². The molecule has 0 fully saturated rings. The molecule has 85 heavy (non-hydrogen) atoms. The van der Waals surface area contributed by atoms with Gasteiger partial charge in [0.25, 0.3) is 0 Å². The Labute approximate surface area is 527 Å². The largest absolute Gasteiger partial charge is 0.466 e. The average molecular weight is 1210 g/mol. The fourth-order valence-electron chi connectivity index (χ4n) is 11.3. The van der Waals surface area contributed by atoms with Crippen molar-refractivity contribution in [3.63, 3.8) is 0 Å². The summed E-state index contributed by atoms with van der Waals surface area (Å²) < 4.78 is 22.8. The monoisotopic (exact) mass is 1210 g/mol. The first-order valence-corrected chi connectivity index (χ1v) is 37.2. The molecule has 0 N–H and O–H groups in total. The number of rotatable bonds is 70. The second-order valence-electron chi connectivity index (χ2n) is 25.5. The van der Waals surface area contributed by atoms with E-state index in [0.717, 1.165) is 123 Å². The van der Waals surface area contributed by atoms with Gasteiger partial charge in [-0.15, -0.1) is 0 Å². The first-order chi connectivity index (χ1) is 41.7. The van der Waals surface area contributed by atoms with Gasteiger partial charge in [0.05, 0.1) is 52.1 Å². The predicted molar refractivity (Wildman–Crippen MR) is 361 cm³/mol. The molecule has 12 nitrogen and oxygen atoms in total. The average Bonchev–Trinajstić information content (AvgIpc) is 3.53. The van der Waals surface area contributed by atoms with Crippen LogP contribution in [0.3, 0.4) is 0 Å². The smallest absolute Gasteiger partial charge is 0.307 e. The van der Waals surface area contributed by atoms with E-state index >= 15 is 0 Å². The van der Waals surface area contributed by atoms with Crippen molar-refractivity contribution in [2.75, 3.05) is 105 Å². The summed E-state index contributed by atoms with van der Waals surface area (Å²) in [5.41, 5.74) is 0. The summed E-state index contributed by atoms with van der Waals surface area (Å²) in [6.45, 7) is 22.0. The zero-order valence-electron chi connectivity index (χ0n) is 57.6. The van der Waals surface area contributed by atoms with Crippen molar-refractivity contribution in [3.05, 3.63) is 0 Å². The van der Waals surface area contributed by atoms with Crippen LogP contribution in [-0.4, -0.2) is 149 Å². The minimum atomic E-state index is -0.147. The quantitative estimate of drug-likeness (QED) is 0.0328. The number of esters is 4. The standard InChI is InChI=1S/C73H144N4O8/c1-7-12-17-21-25-29-33-37-41-45-66-82-70(78)51-60-76(61-52-71(79)83-67-46-42-38-34-30-26-22-18-13-8-2)57-49-55-74(6)64-65-75(56-16-11-5)58-50-59-77(62-53-72(80)84-68-47-43-39-35-31-27-23-19-14-9-3)63-54-73(81)85-69-48-44-40-36-32-28-24-20-15-10-4/h7-69H2,1-6H3. The van der Waals surface area contributed by atoms with E-state index in [4.69, 9.17) is 18.9 Å². The van der Waals surface area contributed by atoms with Crippen LogP contribution in [-0.2, 0) is 38.1 Å². The van der Waals surface area contributed by atoms with Crippen molar-refractivity contribution in [1.82, 2.24) is 19.6 Å². The van der Waals surface area contributed by atoms with Crippen molar-refractivity contribution in [2.24, 2.45) is 0 Å². The van der Waals surface area contributed by atoms with Gasteiger partial charge in [0.1, 0.15) is 0 Å². The summed E-state index contributed by atoms with van der Waals surface area (Å²) in [7, 11) is 2.20. The molecule has 0 amide bonds. The van der Waals surface area contributed by atoms with Crippen LogP contribution >= 0.6 is 0 Å². The molecular weight excluding hydrogens is 1060 g/mol. The zero-order chi connectivity index (χ0) is 62.0. The SMILES string of the molecule is CCCCCCCCCCCCOC(=O)CCN(CCCN(C)CCN(CCCC)CCCN(CCC(=O)OCCCCCCCCCCCC)CCC(=O)OCCCCCCCCCCCC)CCC(=O)OCCCCCCCCCCCC.